The number of ether oxygens (including phenoxy) is 1. The molecule has 0 radical (unpaired) electrons. The zero-order chi connectivity index (χ0) is 19.7. The fourth-order valence-electron chi connectivity index (χ4n) is 3.31. The molecule has 8 heteroatoms. The summed E-state index contributed by atoms with van der Waals surface area (Å²) in [6, 6.07) is 10.6. The molecule has 5 nitrogen and oxygen atoms in total. The second-order valence-corrected chi connectivity index (χ2v) is 6.48. The third-order valence-corrected chi connectivity index (χ3v) is 4.60. The van der Waals surface area contributed by atoms with E-state index >= 15 is 0 Å². The van der Waals surface area contributed by atoms with E-state index in [9.17, 15) is 18.0 Å². The number of alkyl halides is 3. The number of rotatable bonds is 4. The van der Waals surface area contributed by atoms with Crippen LogP contribution in [0.4, 0.5) is 13.2 Å². The number of amides is 1. The van der Waals surface area contributed by atoms with Crippen LogP contribution < -0.4 is 10.1 Å². The molecule has 1 aliphatic rings. The van der Waals surface area contributed by atoms with E-state index in [1.807, 2.05) is 6.07 Å². The maximum Gasteiger partial charge on any atom is 0.417 e. The first-order chi connectivity index (χ1) is 13.4. The molecule has 1 unspecified atom stereocenters. The normalized spacial score (nSPS) is 15.8. The highest BCUT2D eigenvalue weighted by Gasteiger charge is 2.35. The molecule has 0 fully saturated rings. The van der Waals surface area contributed by atoms with Gasteiger partial charge in [-0.05, 0) is 17.2 Å². The van der Waals surface area contributed by atoms with Crippen molar-refractivity contribution < 1.29 is 22.7 Å². The molecule has 3 aromatic rings. The summed E-state index contributed by atoms with van der Waals surface area (Å²) in [5, 5.41) is 9.03. The fraction of sp³-hybridized carbons (Fsp3) is 0.200. The van der Waals surface area contributed by atoms with Crippen LogP contribution >= 0.6 is 0 Å². The number of fused-ring (bicyclic) bond motifs is 1. The van der Waals surface area contributed by atoms with Crippen LogP contribution in [0.5, 0.6) is 5.75 Å². The highest BCUT2D eigenvalue weighted by atomic mass is 19.4. The van der Waals surface area contributed by atoms with Crippen LogP contribution in [0.15, 0.2) is 54.9 Å². The van der Waals surface area contributed by atoms with Gasteiger partial charge in [0.25, 0.3) is 5.91 Å². The van der Waals surface area contributed by atoms with Gasteiger partial charge < -0.3 is 10.1 Å². The number of H-pyrrole nitrogens is 1. The summed E-state index contributed by atoms with van der Waals surface area (Å²) in [5.41, 5.74) is 0.986. The van der Waals surface area contributed by atoms with Gasteiger partial charge in [0.2, 0.25) is 0 Å². The Bertz CT molecular complexity index is 1000. The third-order valence-electron chi connectivity index (χ3n) is 4.60. The Balaban J connectivity index is 1.56. The van der Waals surface area contributed by atoms with Gasteiger partial charge in [0, 0.05) is 18.2 Å². The predicted octanol–water partition coefficient (Wildman–Crippen LogP) is 3.83. The molecule has 28 heavy (non-hydrogen) atoms. The molecule has 0 saturated heterocycles. The number of para-hydroxylation sites is 1. The monoisotopic (exact) mass is 387 g/mol. The number of nitrogens with one attached hydrogen (secondary N) is 2. The van der Waals surface area contributed by atoms with Gasteiger partial charge in [-0.15, -0.1) is 0 Å². The molecule has 2 N–H and O–H groups in total. The van der Waals surface area contributed by atoms with Gasteiger partial charge in [-0.2, -0.15) is 18.3 Å². The highest BCUT2D eigenvalue weighted by Crippen LogP contribution is 2.43. The lowest BCUT2D eigenvalue weighted by molar-refractivity contribution is -0.137. The first kappa shape index (κ1) is 18.1. The van der Waals surface area contributed by atoms with Crippen molar-refractivity contribution in [1.29, 1.82) is 0 Å². The smallest absolute Gasteiger partial charge is 0.417 e. The zero-order valence-electron chi connectivity index (χ0n) is 14.6. The quantitative estimate of drug-likeness (QED) is 0.715. The van der Waals surface area contributed by atoms with E-state index in [-0.39, 0.29) is 24.1 Å². The maximum atomic E-state index is 13.4. The summed E-state index contributed by atoms with van der Waals surface area (Å²) in [7, 11) is 0. The van der Waals surface area contributed by atoms with Gasteiger partial charge in [-0.3, -0.25) is 9.89 Å². The molecule has 1 aliphatic heterocycles. The summed E-state index contributed by atoms with van der Waals surface area (Å²) >= 11 is 0. The van der Waals surface area contributed by atoms with Crippen molar-refractivity contribution in [2.75, 3.05) is 6.54 Å². The van der Waals surface area contributed by atoms with E-state index < -0.39 is 11.7 Å². The largest absolute Gasteiger partial charge is 0.487 e. The number of aromatic nitrogens is 2. The number of nitrogens with zero attached hydrogens (tertiary/aromatic N) is 1. The fourth-order valence-corrected chi connectivity index (χ4v) is 3.31. The molecular formula is C20H16F3N3O2. The van der Waals surface area contributed by atoms with Crippen molar-refractivity contribution in [2.24, 2.45) is 0 Å². The lowest BCUT2D eigenvalue weighted by Crippen LogP contribution is -2.34. The topological polar surface area (TPSA) is 67.0 Å². The number of aromatic amines is 1. The van der Waals surface area contributed by atoms with Crippen LogP contribution in [0.1, 0.15) is 21.5 Å². The summed E-state index contributed by atoms with van der Waals surface area (Å²) in [6.45, 7) is 0.235. The minimum Gasteiger partial charge on any atom is -0.487 e. The Labute approximate surface area is 158 Å². The Hall–Kier alpha value is -3.29. The lowest BCUT2D eigenvalue weighted by atomic mass is 9.96. The van der Waals surface area contributed by atoms with Crippen LogP contribution in [-0.2, 0) is 12.6 Å². The van der Waals surface area contributed by atoms with Crippen molar-refractivity contribution in [3.05, 3.63) is 71.5 Å². The van der Waals surface area contributed by atoms with E-state index in [0.29, 0.717) is 23.3 Å². The molecule has 1 atom stereocenters. The molecule has 144 valence electrons. The standard InChI is InChI=1S/C20H16F3N3O2/c21-20(22,23)17-7-2-1-5-15(17)16-6-3-4-12-8-14(28-18(12)16)11-24-19(27)13-9-25-26-10-13/h1-7,9-10,14H,8,11H2,(H,24,27)(H,25,26). The Kier molecular flexibility index (Phi) is 4.54. The predicted molar refractivity (Wildman–Crippen MR) is 95.9 cm³/mol. The van der Waals surface area contributed by atoms with E-state index in [4.69, 9.17) is 4.74 Å². The van der Waals surface area contributed by atoms with Crippen LogP contribution in [0.3, 0.4) is 0 Å². The van der Waals surface area contributed by atoms with E-state index in [2.05, 4.69) is 15.5 Å². The van der Waals surface area contributed by atoms with E-state index in [1.165, 1.54) is 24.5 Å². The van der Waals surface area contributed by atoms with E-state index in [0.717, 1.165) is 11.6 Å². The number of hydrogen-bond donors (Lipinski definition) is 2. The average Bonchev–Trinajstić information content (AvgIpc) is 3.34. The summed E-state index contributed by atoms with van der Waals surface area (Å²) in [6.07, 6.45) is -1.43. The number of hydrogen-bond acceptors (Lipinski definition) is 3. The molecule has 1 aromatic heterocycles. The van der Waals surface area contributed by atoms with Crippen molar-refractivity contribution in [2.45, 2.75) is 18.7 Å². The van der Waals surface area contributed by atoms with Gasteiger partial charge in [-0.25, -0.2) is 0 Å². The Morgan fingerprint density at radius 1 is 1.18 bits per heavy atom. The second-order valence-electron chi connectivity index (χ2n) is 6.48. The average molecular weight is 387 g/mol. The van der Waals surface area contributed by atoms with Crippen molar-refractivity contribution in [3.8, 4) is 16.9 Å². The molecule has 0 aliphatic carbocycles. The number of carbonyl (C=O) groups is 1. The molecule has 1 amide bonds. The molecule has 0 saturated carbocycles. The van der Waals surface area contributed by atoms with Crippen LogP contribution in [0.25, 0.3) is 11.1 Å². The lowest BCUT2D eigenvalue weighted by Gasteiger charge is -2.16. The maximum absolute atomic E-state index is 13.4. The van der Waals surface area contributed by atoms with Crippen LogP contribution in [0, 0.1) is 0 Å². The second kappa shape index (κ2) is 7.03. The van der Waals surface area contributed by atoms with Crippen LogP contribution in [0.2, 0.25) is 0 Å². The molecule has 4 rings (SSSR count). The van der Waals surface area contributed by atoms with Gasteiger partial charge in [-0.1, -0.05) is 36.4 Å². The van der Waals surface area contributed by atoms with Crippen LogP contribution in [-0.4, -0.2) is 28.8 Å². The minimum atomic E-state index is -4.46. The van der Waals surface area contributed by atoms with E-state index in [1.54, 1.807) is 18.2 Å². The van der Waals surface area contributed by atoms with Crippen molar-refractivity contribution in [3.63, 3.8) is 0 Å². The number of carbonyl (C=O) groups excluding carboxylic acids is 1. The Morgan fingerprint density at radius 2 is 1.96 bits per heavy atom. The summed E-state index contributed by atoms with van der Waals surface area (Å²) < 4.78 is 46.2. The molecular weight excluding hydrogens is 371 g/mol. The molecule has 0 bridgehead atoms. The first-order valence-electron chi connectivity index (χ1n) is 8.65. The first-order valence-corrected chi connectivity index (χ1v) is 8.65. The SMILES string of the molecule is O=C(NCC1Cc2cccc(-c3ccccc3C(F)(F)F)c2O1)c1cn[nH]c1. The van der Waals surface area contributed by atoms with Gasteiger partial charge in [0.05, 0.1) is 23.9 Å². The number of benzene rings is 2. The van der Waals surface area contributed by atoms with Crippen molar-refractivity contribution >= 4 is 5.91 Å². The van der Waals surface area contributed by atoms with Crippen molar-refractivity contribution in [1.82, 2.24) is 15.5 Å². The zero-order valence-corrected chi connectivity index (χ0v) is 14.6. The Morgan fingerprint density at radius 3 is 2.71 bits per heavy atom. The molecule has 2 heterocycles. The highest BCUT2D eigenvalue weighted by molar-refractivity contribution is 5.93. The minimum absolute atomic E-state index is 0.0786. The third kappa shape index (κ3) is 3.45. The summed E-state index contributed by atoms with van der Waals surface area (Å²) in [4.78, 5) is 12.0. The number of halogens is 3. The molecule has 2 aromatic carbocycles. The van der Waals surface area contributed by atoms with Gasteiger partial charge >= 0.3 is 6.18 Å². The molecule has 0 spiro atoms. The summed E-state index contributed by atoms with van der Waals surface area (Å²) in [5.74, 6) is 0.137. The van der Waals surface area contributed by atoms with Gasteiger partial charge in [0.15, 0.2) is 0 Å². The van der Waals surface area contributed by atoms with Gasteiger partial charge in [0.1, 0.15) is 11.9 Å².